The van der Waals surface area contributed by atoms with Crippen LogP contribution in [0.2, 0.25) is 0 Å². The van der Waals surface area contributed by atoms with Crippen molar-refractivity contribution in [3.63, 3.8) is 0 Å². The molecule has 0 aromatic heterocycles. The van der Waals surface area contributed by atoms with Crippen molar-refractivity contribution in [1.29, 1.82) is 0 Å². The van der Waals surface area contributed by atoms with Crippen LogP contribution in [0, 0.1) is 17.8 Å². The summed E-state index contributed by atoms with van der Waals surface area (Å²) in [5.74, 6) is -1.52. The number of ether oxygens (including phenoxy) is 4. The highest BCUT2D eigenvalue weighted by atomic mass is 16.7. The van der Waals surface area contributed by atoms with Gasteiger partial charge in [-0.2, -0.15) is 0 Å². The van der Waals surface area contributed by atoms with Crippen LogP contribution in [0.15, 0.2) is 47.1 Å². The number of carbonyl (C=O) groups excluding carboxylic acids is 1. The molecule has 39 heavy (non-hydrogen) atoms. The third-order valence-corrected chi connectivity index (χ3v) is 9.50. The second kappa shape index (κ2) is 11.2. The maximum absolute atomic E-state index is 13.9. The number of hydrogen-bond donors (Lipinski definition) is 2. The van der Waals surface area contributed by atoms with Gasteiger partial charge in [0.25, 0.3) is 0 Å². The molecule has 2 bridgehead atoms. The summed E-state index contributed by atoms with van der Waals surface area (Å²) in [6, 6.07) is 0. The van der Waals surface area contributed by atoms with Crippen LogP contribution in [-0.4, -0.2) is 64.7 Å². The van der Waals surface area contributed by atoms with Crippen LogP contribution in [0.1, 0.15) is 79.6 Å². The summed E-state index contributed by atoms with van der Waals surface area (Å²) < 4.78 is 25.4. The molecule has 5 aliphatic rings. The zero-order chi connectivity index (χ0) is 27.9. The Morgan fingerprint density at radius 1 is 1.15 bits per heavy atom. The maximum Gasteiger partial charge on any atom is 0.316 e. The minimum absolute atomic E-state index is 0.104. The number of aliphatic hydroxyl groups is 2. The van der Waals surface area contributed by atoms with Crippen molar-refractivity contribution in [2.45, 2.75) is 121 Å². The van der Waals surface area contributed by atoms with Gasteiger partial charge in [-0.05, 0) is 62.5 Å². The Balaban J connectivity index is 1.51. The van der Waals surface area contributed by atoms with Crippen LogP contribution in [0.25, 0.3) is 0 Å². The topological polar surface area (TPSA) is 94.5 Å². The molecule has 10 atom stereocenters. The van der Waals surface area contributed by atoms with Gasteiger partial charge in [-0.3, -0.25) is 4.79 Å². The lowest BCUT2D eigenvalue weighted by Gasteiger charge is -2.50. The summed E-state index contributed by atoms with van der Waals surface area (Å²) in [6.45, 7) is 10.6. The van der Waals surface area contributed by atoms with Crippen LogP contribution in [0.4, 0.5) is 0 Å². The van der Waals surface area contributed by atoms with E-state index in [1.807, 2.05) is 12.2 Å². The van der Waals surface area contributed by atoms with Gasteiger partial charge in [-0.1, -0.05) is 56.7 Å². The van der Waals surface area contributed by atoms with Crippen LogP contribution >= 0.6 is 0 Å². The predicted molar refractivity (Wildman–Crippen MR) is 148 cm³/mol. The van der Waals surface area contributed by atoms with E-state index in [1.54, 1.807) is 13.0 Å². The van der Waals surface area contributed by atoms with E-state index in [0.29, 0.717) is 35.8 Å². The molecule has 1 spiro atoms. The molecule has 10 unspecified atom stereocenters. The fraction of sp³-hybridized carbons (Fsp3) is 0.719. The van der Waals surface area contributed by atoms with E-state index in [9.17, 15) is 15.0 Å². The highest BCUT2D eigenvalue weighted by Crippen LogP contribution is 2.47. The van der Waals surface area contributed by atoms with Gasteiger partial charge in [0.2, 0.25) is 0 Å². The summed E-state index contributed by atoms with van der Waals surface area (Å²) in [7, 11) is 0. The Hall–Kier alpha value is -1.77. The van der Waals surface area contributed by atoms with Crippen molar-refractivity contribution in [1.82, 2.24) is 0 Å². The molecule has 3 saturated heterocycles. The monoisotopic (exact) mass is 542 g/mol. The number of fused-ring (bicyclic) bond motifs is 2. The SMILES string of the molecule is CCC1OC2(CCC1C)CC1CC(CC=C(C)CC(C)C=CC=C3COC4C(O)C(C)=CC(C(=O)O1)C34O)O2. The average Bonchev–Trinajstić information content (AvgIpc) is 3.23. The van der Waals surface area contributed by atoms with E-state index < -0.39 is 41.6 Å². The van der Waals surface area contributed by atoms with Crippen molar-refractivity contribution in [2.75, 3.05) is 6.61 Å². The van der Waals surface area contributed by atoms with Crippen LogP contribution in [0.5, 0.6) is 0 Å². The molecule has 0 aromatic rings. The van der Waals surface area contributed by atoms with Gasteiger partial charge >= 0.3 is 5.97 Å². The van der Waals surface area contributed by atoms with E-state index in [4.69, 9.17) is 18.9 Å². The Morgan fingerprint density at radius 2 is 1.95 bits per heavy atom. The molecule has 5 rings (SSSR count). The fourth-order valence-corrected chi connectivity index (χ4v) is 7.23. The zero-order valence-electron chi connectivity index (χ0n) is 24.1. The van der Waals surface area contributed by atoms with E-state index in [0.717, 1.165) is 32.1 Å². The van der Waals surface area contributed by atoms with Gasteiger partial charge in [0.15, 0.2) is 5.79 Å². The summed E-state index contributed by atoms with van der Waals surface area (Å²) >= 11 is 0. The quantitative estimate of drug-likeness (QED) is 0.359. The molecule has 216 valence electrons. The van der Waals surface area contributed by atoms with Gasteiger partial charge in [-0.15, -0.1) is 0 Å². The van der Waals surface area contributed by atoms with E-state index >= 15 is 0 Å². The Bertz CT molecular complexity index is 1060. The Morgan fingerprint density at radius 3 is 2.72 bits per heavy atom. The second-order valence-corrected chi connectivity index (χ2v) is 12.7. The molecule has 7 heteroatoms. The van der Waals surface area contributed by atoms with Crippen LogP contribution < -0.4 is 0 Å². The van der Waals surface area contributed by atoms with E-state index in [2.05, 4.69) is 39.8 Å². The lowest BCUT2D eigenvalue weighted by atomic mass is 9.71. The second-order valence-electron chi connectivity index (χ2n) is 12.7. The molecule has 0 aromatic carbocycles. The molecule has 3 fully saturated rings. The van der Waals surface area contributed by atoms with Gasteiger partial charge < -0.3 is 29.2 Å². The van der Waals surface area contributed by atoms with Crippen molar-refractivity contribution in [3.05, 3.63) is 47.1 Å². The predicted octanol–water partition coefficient (Wildman–Crippen LogP) is 4.92. The summed E-state index contributed by atoms with van der Waals surface area (Å²) in [4.78, 5) is 13.9. The van der Waals surface area contributed by atoms with Crippen molar-refractivity contribution >= 4 is 5.97 Å². The minimum atomic E-state index is -1.68. The van der Waals surface area contributed by atoms with Crippen LogP contribution in [-0.2, 0) is 23.7 Å². The zero-order valence-corrected chi connectivity index (χ0v) is 24.1. The molecule has 0 amide bonds. The molecular formula is C32H46O7. The van der Waals surface area contributed by atoms with E-state index in [1.165, 1.54) is 5.57 Å². The third-order valence-electron chi connectivity index (χ3n) is 9.50. The molecule has 7 nitrogen and oxygen atoms in total. The first-order valence-electron chi connectivity index (χ1n) is 14.8. The molecule has 1 aliphatic carbocycles. The highest BCUT2D eigenvalue weighted by molar-refractivity contribution is 5.78. The Labute approximate surface area is 232 Å². The normalized spacial score (nSPS) is 45.2. The van der Waals surface area contributed by atoms with Gasteiger partial charge in [0, 0.05) is 19.3 Å². The first-order valence-corrected chi connectivity index (χ1v) is 14.8. The summed E-state index contributed by atoms with van der Waals surface area (Å²) in [6.07, 6.45) is 12.8. The number of aliphatic hydroxyl groups excluding tert-OH is 1. The number of esters is 1. The highest BCUT2D eigenvalue weighted by Gasteiger charge is 2.60. The number of carbonyl (C=O) groups is 1. The maximum atomic E-state index is 13.9. The summed E-state index contributed by atoms with van der Waals surface area (Å²) in [5, 5.41) is 22.9. The van der Waals surface area contributed by atoms with E-state index in [-0.39, 0.29) is 18.8 Å². The fourth-order valence-electron chi connectivity index (χ4n) is 7.23. The van der Waals surface area contributed by atoms with Crippen molar-refractivity contribution < 1.29 is 34.0 Å². The number of allylic oxidation sites excluding steroid dienone is 4. The lowest BCUT2D eigenvalue weighted by Crippen LogP contribution is -2.58. The number of rotatable bonds is 1. The van der Waals surface area contributed by atoms with Gasteiger partial charge in [-0.25, -0.2) is 0 Å². The summed E-state index contributed by atoms with van der Waals surface area (Å²) in [5.41, 5.74) is 0.788. The largest absolute Gasteiger partial charge is 0.462 e. The van der Waals surface area contributed by atoms with Crippen molar-refractivity contribution in [3.8, 4) is 0 Å². The molecule has 0 saturated carbocycles. The first-order chi connectivity index (χ1) is 18.5. The first kappa shape index (κ1) is 28.7. The molecule has 2 N–H and O–H groups in total. The number of hydrogen-bond acceptors (Lipinski definition) is 7. The van der Waals surface area contributed by atoms with Gasteiger partial charge in [0.1, 0.15) is 29.8 Å². The third kappa shape index (κ3) is 5.58. The minimum Gasteiger partial charge on any atom is -0.462 e. The molecule has 4 aliphatic heterocycles. The average molecular weight is 543 g/mol. The molecular weight excluding hydrogens is 496 g/mol. The smallest absolute Gasteiger partial charge is 0.316 e. The van der Waals surface area contributed by atoms with Gasteiger partial charge in [0.05, 0.1) is 18.8 Å². The standard InChI is InChI=1S/C32H46O7/c1-6-27-21(4)12-13-31(39-27)17-25-16-24(38-31)11-10-20(3)14-19(2)8-7-9-23-18-36-29-28(33)22(5)15-26(30(34)37-25)32(23,29)35/h7-10,15,19,21,24-29,33,35H,6,11-14,16-18H2,1-5H3. The molecule has 4 heterocycles. The molecule has 0 radical (unpaired) electrons. The van der Waals surface area contributed by atoms with Crippen molar-refractivity contribution in [2.24, 2.45) is 17.8 Å². The van der Waals surface area contributed by atoms with Crippen LogP contribution in [0.3, 0.4) is 0 Å². The Kier molecular flexibility index (Phi) is 8.29. The lowest BCUT2D eigenvalue weighted by molar-refractivity contribution is -0.335.